The number of halogens is 1. The summed E-state index contributed by atoms with van der Waals surface area (Å²) >= 11 is 1.70. The van der Waals surface area contributed by atoms with Crippen molar-refractivity contribution in [2.24, 2.45) is 0 Å². The first-order valence-corrected chi connectivity index (χ1v) is 13.8. The summed E-state index contributed by atoms with van der Waals surface area (Å²) in [6.45, 7) is 4.52. The molecule has 0 saturated carbocycles. The maximum Gasteiger partial charge on any atom is 0.243 e. The predicted molar refractivity (Wildman–Crippen MR) is 133 cm³/mol. The molecule has 2 heterocycles. The summed E-state index contributed by atoms with van der Waals surface area (Å²) in [5.41, 5.74) is 3.25. The van der Waals surface area contributed by atoms with Gasteiger partial charge in [0, 0.05) is 18.0 Å². The molecule has 0 spiro atoms. The molecule has 0 fully saturated rings. The Kier molecular flexibility index (Phi) is 7.50. The third-order valence-electron chi connectivity index (χ3n) is 6.29. The van der Waals surface area contributed by atoms with E-state index >= 15 is 0 Å². The lowest BCUT2D eigenvalue weighted by Crippen LogP contribution is -2.47. The molecule has 3 aromatic rings. The van der Waals surface area contributed by atoms with Crippen molar-refractivity contribution in [3.63, 3.8) is 0 Å². The summed E-state index contributed by atoms with van der Waals surface area (Å²) in [6, 6.07) is 14.6. The van der Waals surface area contributed by atoms with Gasteiger partial charge in [0.2, 0.25) is 15.9 Å². The molecule has 8 heteroatoms. The van der Waals surface area contributed by atoms with Gasteiger partial charge in [0.15, 0.2) is 0 Å². The Balaban J connectivity index is 1.66. The lowest BCUT2D eigenvalue weighted by molar-refractivity contribution is -0.133. The second-order valence-corrected chi connectivity index (χ2v) is 11.5. The van der Waals surface area contributed by atoms with Crippen LogP contribution in [0.4, 0.5) is 4.39 Å². The highest BCUT2D eigenvalue weighted by Crippen LogP contribution is 2.39. The first-order valence-electron chi connectivity index (χ1n) is 11.5. The quantitative estimate of drug-likeness (QED) is 0.429. The minimum Gasteiger partial charge on any atom is -0.330 e. The molecule has 1 aliphatic rings. The molecule has 1 unspecified atom stereocenters. The van der Waals surface area contributed by atoms with E-state index in [4.69, 9.17) is 0 Å². The smallest absolute Gasteiger partial charge is 0.243 e. The van der Waals surface area contributed by atoms with Crippen molar-refractivity contribution in [2.45, 2.75) is 44.0 Å². The topological polar surface area (TPSA) is 57.7 Å². The molecule has 180 valence electrons. The number of carbonyl (C=O) groups is 1. The molecule has 4 rings (SSSR count). The normalized spacial score (nSPS) is 16.0. The Bertz CT molecular complexity index is 1260. The molecule has 2 aromatic carbocycles. The average molecular weight is 501 g/mol. The number of amides is 1. The van der Waals surface area contributed by atoms with Crippen LogP contribution >= 0.6 is 11.3 Å². The van der Waals surface area contributed by atoms with E-state index in [0.717, 1.165) is 41.7 Å². The lowest BCUT2D eigenvalue weighted by atomic mass is 9.90. The van der Waals surface area contributed by atoms with Gasteiger partial charge in [-0.1, -0.05) is 37.6 Å². The third kappa shape index (κ3) is 4.94. The number of rotatable bonds is 8. The fourth-order valence-corrected chi connectivity index (χ4v) is 6.76. The molecule has 0 radical (unpaired) electrons. The van der Waals surface area contributed by atoms with E-state index in [2.05, 4.69) is 11.4 Å². The van der Waals surface area contributed by atoms with E-state index in [1.54, 1.807) is 11.3 Å². The Morgan fingerprint density at radius 3 is 2.56 bits per heavy atom. The van der Waals surface area contributed by atoms with Gasteiger partial charge in [-0.3, -0.25) is 4.79 Å². The predicted octanol–water partition coefficient (Wildman–Crippen LogP) is 5.16. The SMILES string of the molecule is CCCCN(CC(=O)N1CCc2sccc2C1c1ccccc1C)S(=O)(=O)c1ccc(F)cc1. The van der Waals surface area contributed by atoms with Crippen LogP contribution in [-0.4, -0.2) is 43.2 Å². The summed E-state index contributed by atoms with van der Waals surface area (Å²) in [4.78, 5) is 16.8. The summed E-state index contributed by atoms with van der Waals surface area (Å²) in [5, 5.41) is 2.05. The second kappa shape index (κ2) is 10.4. The van der Waals surface area contributed by atoms with E-state index in [1.165, 1.54) is 21.3 Å². The Morgan fingerprint density at radius 2 is 1.85 bits per heavy atom. The second-order valence-electron chi connectivity index (χ2n) is 8.54. The van der Waals surface area contributed by atoms with Crippen LogP contribution in [0.2, 0.25) is 0 Å². The Morgan fingerprint density at radius 1 is 1.12 bits per heavy atom. The monoisotopic (exact) mass is 500 g/mol. The van der Waals surface area contributed by atoms with Crippen LogP contribution in [0, 0.1) is 12.7 Å². The zero-order valence-electron chi connectivity index (χ0n) is 19.4. The first kappa shape index (κ1) is 24.6. The number of unbranched alkanes of at least 4 members (excludes halogenated alkanes) is 1. The fourth-order valence-electron chi connectivity index (χ4n) is 4.43. The maximum absolute atomic E-state index is 13.7. The van der Waals surface area contributed by atoms with Crippen LogP contribution in [0.5, 0.6) is 0 Å². The molecule has 1 aromatic heterocycles. The Hall–Kier alpha value is -2.55. The molecule has 1 atom stereocenters. The van der Waals surface area contributed by atoms with Crippen LogP contribution in [-0.2, 0) is 21.2 Å². The van der Waals surface area contributed by atoms with Crippen molar-refractivity contribution in [2.75, 3.05) is 19.6 Å². The standard InChI is InChI=1S/C26H29FN2O3S2/c1-3-4-15-28(34(31,32)21-11-9-20(27)10-12-21)18-25(30)29-16-13-24-23(14-17-33-24)26(29)22-8-6-5-7-19(22)2/h5-12,14,17,26H,3-4,13,15-16,18H2,1-2H3. The number of carbonyl (C=O) groups excluding carboxylic acids is 1. The van der Waals surface area contributed by atoms with E-state index in [-0.39, 0.29) is 29.9 Å². The third-order valence-corrected chi connectivity index (χ3v) is 9.15. The van der Waals surface area contributed by atoms with E-state index < -0.39 is 15.8 Å². The first-order chi connectivity index (χ1) is 16.3. The number of thiophene rings is 1. The van der Waals surface area contributed by atoms with Crippen LogP contribution < -0.4 is 0 Å². The molecular formula is C26H29FN2O3S2. The van der Waals surface area contributed by atoms with Crippen molar-refractivity contribution in [1.82, 2.24) is 9.21 Å². The van der Waals surface area contributed by atoms with Crippen LogP contribution in [0.15, 0.2) is 64.9 Å². The number of nitrogens with zero attached hydrogens (tertiary/aromatic N) is 2. The molecule has 0 bridgehead atoms. The molecule has 0 saturated heterocycles. The summed E-state index contributed by atoms with van der Waals surface area (Å²) < 4.78 is 41.4. The number of benzene rings is 2. The van der Waals surface area contributed by atoms with Crippen molar-refractivity contribution in [3.05, 3.63) is 87.4 Å². The van der Waals surface area contributed by atoms with Gasteiger partial charge >= 0.3 is 0 Å². The number of fused-ring (bicyclic) bond motifs is 1. The summed E-state index contributed by atoms with van der Waals surface area (Å²) in [7, 11) is -3.94. The van der Waals surface area contributed by atoms with E-state index in [9.17, 15) is 17.6 Å². The highest BCUT2D eigenvalue weighted by molar-refractivity contribution is 7.89. The zero-order valence-corrected chi connectivity index (χ0v) is 21.0. The van der Waals surface area contributed by atoms with Crippen LogP contribution in [0.3, 0.4) is 0 Å². The summed E-state index contributed by atoms with van der Waals surface area (Å²) in [5.74, 6) is -0.733. The number of hydrogen-bond acceptors (Lipinski definition) is 4. The van der Waals surface area contributed by atoms with Gasteiger partial charge < -0.3 is 4.90 Å². The van der Waals surface area contributed by atoms with Gasteiger partial charge in [-0.25, -0.2) is 12.8 Å². The minimum absolute atomic E-state index is 0.00739. The van der Waals surface area contributed by atoms with Gasteiger partial charge in [0.1, 0.15) is 5.82 Å². The lowest BCUT2D eigenvalue weighted by Gasteiger charge is -2.38. The maximum atomic E-state index is 13.7. The number of hydrogen-bond donors (Lipinski definition) is 0. The molecule has 1 amide bonds. The van der Waals surface area contributed by atoms with Gasteiger partial charge in [0.05, 0.1) is 17.5 Å². The van der Waals surface area contributed by atoms with Gasteiger partial charge in [0.25, 0.3) is 0 Å². The number of sulfonamides is 1. The van der Waals surface area contributed by atoms with Crippen LogP contribution in [0.1, 0.15) is 47.4 Å². The number of aryl methyl sites for hydroxylation is 1. The molecule has 34 heavy (non-hydrogen) atoms. The van der Waals surface area contributed by atoms with Crippen molar-refractivity contribution in [1.29, 1.82) is 0 Å². The highest BCUT2D eigenvalue weighted by Gasteiger charge is 2.36. The molecule has 1 aliphatic heterocycles. The van der Waals surface area contributed by atoms with E-state index in [0.29, 0.717) is 13.0 Å². The Labute approximate surface area is 204 Å². The molecule has 0 N–H and O–H groups in total. The molecule has 5 nitrogen and oxygen atoms in total. The minimum atomic E-state index is -3.94. The average Bonchev–Trinajstić information content (AvgIpc) is 3.30. The summed E-state index contributed by atoms with van der Waals surface area (Å²) in [6.07, 6.45) is 2.17. The van der Waals surface area contributed by atoms with Crippen LogP contribution in [0.25, 0.3) is 0 Å². The molecular weight excluding hydrogens is 471 g/mol. The highest BCUT2D eigenvalue weighted by atomic mass is 32.2. The van der Waals surface area contributed by atoms with Gasteiger partial charge in [-0.2, -0.15) is 4.31 Å². The largest absolute Gasteiger partial charge is 0.330 e. The van der Waals surface area contributed by atoms with Crippen molar-refractivity contribution in [3.8, 4) is 0 Å². The van der Waals surface area contributed by atoms with Gasteiger partial charge in [-0.05, 0) is 72.2 Å². The zero-order chi connectivity index (χ0) is 24.3. The van der Waals surface area contributed by atoms with Crippen molar-refractivity contribution < 1.29 is 17.6 Å². The fraction of sp³-hybridized carbons (Fsp3) is 0.346. The van der Waals surface area contributed by atoms with Crippen molar-refractivity contribution >= 4 is 27.3 Å². The molecule has 0 aliphatic carbocycles. The van der Waals surface area contributed by atoms with E-state index in [1.807, 2.05) is 43.0 Å². The van der Waals surface area contributed by atoms with Gasteiger partial charge in [-0.15, -0.1) is 11.3 Å².